The van der Waals surface area contributed by atoms with Gasteiger partial charge in [-0.2, -0.15) is 0 Å². The highest BCUT2D eigenvalue weighted by Crippen LogP contribution is 2.36. The minimum absolute atomic E-state index is 0.105. The third-order valence-corrected chi connectivity index (χ3v) is 6.42. The maximum atomic E-state index is 12.2. The Kier molecular flexibility index (Phi) is 9.74. The SMILES string of the molecule is CC(C)(C)OC(=O)Nc1cc(N2CCC(OCCOC3CCCCO3)CC2)c(I)cc1[N+](=O)[O-]. The van der Waals surface area contributed by atoms with Crippen molar-refractivity contribution in [1.82, 2.24) is 0 Å². The number of benzene rings is 1. The molecule has 190 valence electrons. The number of nitrogens with zero attached hydrogens (tertiary/aromatic N) is 2. The number of hydrogen-bond donors (Lipinski definition) is 1. The fourth-order valence-corrected chi connectivity index (χ4v) is 4.75. The van der Waals surface area contributed by atoms with Gasteiger partial charge in [-0.3, -0.25) is 15.4 Å². The first-order valence-corrected chi connectivity index (χ1v) is 12.8. The van der Waals surface area contributed by atoms with Crippen molar-refractivity contribution in [3.05, 3.63) is 25.8 Å². The van der Waals surface area contributed by atoms with Gasteiger partial charge in [-0.15, -0.1) is 0 Å². The first-order chi connectivity index (χ1) is 16.1. The minimum Gasteiger partial charge on any atom is -0.444 e. The summed E-state index contributed by atoms with van der Waals surface area (Å²) in [6, 6.07) is 3.14. The molecule has 1 amide bonds. The second-order valence-corrected chi connectivity index (χ2v) is 10.6. The van der Waals surface area contributed by atoms with Crippen molar-refractivity contribution in [2.75, 3.05) is 43.1 Å². The molecule has 1 aromatic rings. The van der Waals surface area contributed by atoms with Gasteiger partial charge in [-0.25, -0.2) is 4.79 Å². The fraction of sp³-hybridized carbons (Fsp3) is 0.696. The second kappa shape index (κ2) is 12.3. The van der Waals surface area contributed by atoms with Crippen LogP contribution >= 0.6 is 22.6 Å². The Morgan fingerprint density at radius 2 is 1.91 bits per heavy atom. The van der Waals surface area contributed by atoms with Crippen LogP contribution in [-0.2, 0) is 18.9 Å². The van der Waals surface area contributed by atoms with Gasteiger partial charge in [-0.1, -0.05) is 0 Å². The summed E-state index contributed by atoms with van der Waals surface area (Å²) in [4.78, 5) is 25.5. The molecule has 3 rings (SSSR count). The third kappa shape index (κ3) is 8.21. The van der Waals surface area contributed by atoms with Gasteiger partial charge in [0.25, 0.3) is 5.69 Å². The molecule has 0 bridgehead atoms. The Hall–Kier alpha value is -1.70. The first kappa shape index (κ1) is 26.9. The highest BCUT2D eigenvalue weighted by molar-refractivity contribution is 14.1. The van der Waals surface area contributed by atoms with Crippen molar-refractivity contribution in [2.24, 2.45) is 0 Å². The highest BCUT2D eigenvalue weighted by Gasteiger charge is 2.26. The smallest absolute Gasteiger partial charge is 0.412 e. The molecule has 1 N–H and O–H groups in total. The van der Waals surface area contributed by atoms with Gasteiger partial charge in [0.2, 0.25) is 0 Å². The summed E-state index contributed by atoms with van der Waals surface area (Å²) >= 11 is 2.10. The molecule has 1 unspecified atom stereocenters. The predicted molar refractivity (Wildman–Crippen MR) is 136 cm³/mol. The van der Waals surface area contributed by atoms with Gasteiger partial charge in [0, 0.05) is 29.3 Å². The van der Waals surface area contributed by atoms with E-state index in [2.05, 4.69) is 32.8 Å². The standard InChI is InChI=1S/C23H34IN3O7/c1-23(2,3)34-22(28)25-18-15-19(17(24)14-20(18)27(29)30)26-9-7-16(8-10-26)31-12-13-33-21-6-4-5-11-32-21/h14-16,21H,4-13H2,1-3H3,(H,25,28). The molecule has 1 aromatic carbocycles. The van der Waals surface area contributed by atoms with E-state index >= 15 is 0 Å². The summed E-state index contributed by atoms with van der Waals surface area (Å²) in [6.45, 7) is 8.52. The number of rotatable bonds is 8. The van der Waals surface area contributed by atoms with E-state index in [4.69, 9.17) is 18.9 Å². The van der Waals surface area contributed by atoms with Crippen LogP contribution in [0.1, 0.15) is 52.9 Å². The van der Waals surface area contributed by atoms with Crippen LogP contribution in [0.15, 0.2) is 12.1 Å². The first-order valence-electron chi connectivity index (χ1n) is 11.7. The van der Waals surface area contributed by atoms with Crippen LogP contribution in [-0.4, -0.2) is 61.9 Å². The fourth-order valence-electron chi connectivity index (χ4n) is 3.96. The van der Waals surface area contributed by atoms with Crippen molar-refractivity contribution in [1.29, 1.82) is 0 Å². The summed E-state index contributed by atoms with van der Waals surface area (Å²) < 4.78 is 23.3. The maximum Gasteiger partial charge on any atom is 0.412 e. The number of nitro benzene ring substituents is 1. The maximum absolute atomic E-state index is 12.2. The lowest BCUT2D eigenvalue weighted by Gasteiger charge is -2.34. The number of ether oxygens (including phenoxy) is 4. The number of nitro groups is 1. The van der Waals surface area contributed by atoms with E-state index in [1.165, 1.54) is 6.07 Å². The van der Waals surface area contributed by atoms with Gasteiger partial charge in [0.05, 0.1) is 29.9 Å². The average Bonchev–Trinajstić information content (AvgIpc) is 2.77. The molecule has 0 aliphatic carbocycles. The summed E-state index contributed by atoms with van der Waals surface area (Å²) in [5.74, 6) is 0. The van der Waals surface area contributed by atoms with Crippen LogP contribution in [0.3, 0.4) is 0 Å². The average molecular weight is 591 g/mol. The summed E-state index contributed by atoms with van der Waals surface area (Å²) in [5, 5.41) is 14.1. The summed E-state index contributed by atoms with van der Waals surface area (Å²) in [6.07, 6.45) is 4.16. The number of carbonyl (C=O) groups is 1. The lowest BCUT2D eigenvalue weighted by Crippen LogP contribution is -2.38. The molecule has 34 heavy (non-hydrogen) atoms. The van der Waals surface area contributed by atoms with E-state index in [0.29, 0.717) is 13.2 Å². The van der Waals surface area contributed by atoms with E-state index in [-0.39, 0.29) is 23.8 Å². The van der Waals surface area contributed by atoms with Crippen molar-refractivity contribution in [2.45, 2.75) is 70.9 Å². The van der Waals surface area contributed by atoms with Gasteiger partial charge >= 0.3 is 6.09 Å². The molecule has 0 radical (unpaired) electrons. The van der Waals surface area contributed by atoms with Gasteiger partial charge in [0.15, 0.2) is 6.29 Å². The monoisotopic (exact) mass is 591 g/mol. The molecule has 0 aromatic heterocycles. The van der Waals surface area contributed by atoms with Crippen LogP contribution < -0.4 is 10.2 Å². The number of piperidine rings is 1. The Labute approximate surface area is 213 Å². The van der Waals surface area contributed by atoms with E-state index in [1.807, 2.05) is 0 Å². The molecule has 2 aliphatic heterocycles. The molecular formula is C23H34IN3O7. The number of nitrogens with one attached hydrogen (secondary N) is 1. The molecule has 2 saturated heterocycles. The van der Waals surface area contributed by atoms with Crippen molar-refractivity contribution in [3.8, 4) is 0 Å². The molecule has 11 heteroatoms. The van der Waals surface area contributed by atoms with Crippen LogP contribution in [0.2, 0.25) is 0 Å². The molecule has 0 spiro atoms. The van der Waals surface area contributed by atoms with E-state index in [1.54, 1.807) is 26.8 Å². The number of anilines is 2. The lowest BCUT2D eigenvalue weighted by atomic mass is 10.1. The Bertz CT molecular complexity index is 848. The Balaban J connectivity index is 1.55. The quantitative estimate of drug-likeness (QED) is 0.193. The molecule has 2 aliphatic rings. The molecule has 2 fully saturated rings. The predicted octanol–water partition coefficient (Wildman–Crippen LogP) is 5.08. The van der Waals surface area contributed by atoms with Crippen LogP contribution in [0.25, 0.3) is 0 Å². The van der Waals surface area contributed by atoms with E-state index in [0.717, 1.165) is 61.1 Å². The molecule has 10 nitrogen and oxygen atoms in total. The second-order valence-electron chi connectivity index (χ2n) is 9.43. The van der Waals surface area contributed by atoms with Crippen molar-refractivity contribution in [3.63, 3.8) is 0 Å². The van der Waals surface area contributed by atoms with Gasteiger partial charge in [-0.05, 0) is 81.5 Å². The van der Waals surface area contributed by atoms with Gasteiger partial charge in [0.1, 0.15) is 11.3 Å². The Morgan fingerprint density at radius 3 is 2.53 bits per heavy atom. The topological polar surface area (TPSA) is 112 Å². The zero-order chi connectivity index (χ0) is 24.7. The molecule has 2 heterocycles. The molecule has 0 saturated carbocycles. The van der Waals surface area contributed by atoms with Crippen molar-refractivity contribution < 1.29 is 28.7 Å². The zero-order valence-corrected chi connectivity index (χ0v) is 22.2. The normalized spacial score (nSPS) is 19.6. The summed E-state index contributed by atoms with van der Waals surface area (Å²) in [5.41, 5.74) is 0.0871. The van der Waals surface area contributed by atoms with Gasteiger partial charge < -0.3 is 23.8 Å². The van der Waals surface area contributed by atoms with E-state index < -0.39 is 16.6 Å². The van der Waals surface area contributed by atoms with Crippen LogP contribution in [0.4, 0.5) is 21.9 Å². The number of carbonyl (C=O) groups excluding carboxylic acids is 1. The largest absolute Gasteiger partial charge is 0.444 e. The highest BCUT2D eigenvalue weighted by atomic mass is 127. The van der Waals surface area contributed by atoms with E-state index in [9.17, 15) is 14.9 Å². The Morgan fingerprint density at radius 1 is 1.21 bits per heavy atom. The summed E-state index contributed by atoms with van der Waals surface area (Å²) in [7, 11) is 0. The number of amides is 1. The number of hydrogen-bond acceptors (Lipinski definition) is 8. The van der Waals surface area contributed by atoms with Crippen LogP contribution in [0, 0.1) is 13.7 Å². The lowest BCUT2D eigenvalue weighted by molar-refractivity contribution is -0.384. The minimum atomic E-state index is -0.726. The van der Waals surface area contributed by atoms with Crippen LogP contribution in [0.5, 0.6) is 0 Å². The molecular weight excluding hydrogens is 557 g/mol. The third-order valence-electron chi connectivity index (χ3n) is 5.56. The molecule has 1 atom stereocenters. The number of halogens is 1. The zero-order valence-electron chi connectivity index (χ0n) is 20.0. The van der Waals surface area contributed by atoms with Crippen molar-refractivity contribution >= 4 is 45.7 Å².